The number of fused-ring (bicyclic) bond motifs is 1. The third kappa shape index (κ3) is 4.40. The van der Waals surface area contributed by atoms with Crippen LogP contribution >= 0.6 is 11.6 Å². The van der Waals surface area contributed by atoms with Gasteiger partial charge in [0.2, 0.25) is 0 Å². The van der Waals surface area contributed by atoms with Gasteiger partial charge in [0, 0.05) is 43.1 Å². The van der Waals surface area contributed by atoms with Crippen molar-refractivity contribution in [2.75, 3.05) is 26.7 Å². The molecule has 2 aliphatic rings. The quantitative estimate of drug-likeness (QED) is 0.849. The van der Waals surface area contributed by atoms with Crippen LogP contribution in [0.1, 0.15) is 24.0 Å². The van der Waals surface area contributed by atoms with Gasteiger partial charge >= 0.3 is 0 Å². The van der Waals surface area contributed by atoms with E-state index in [1.54, 1.807) is 7.11 Å². The molecule has 0 unspecified atom stereocenters. The number of piperidine rings is 1. The van der Waals surface area contributed by atoms with E-state index in [1.807, 2.05) is 36.4 Å². The molecule has 0 amide bonds. The minimum absolute atomic E-state index is 0.176. The average Bonchev–Trinajstić information content (AvgIpc) is 3.07. The Morgan fingerprint density at radius 2 is 1.93 bits per heavy atom. The molecule has 2 aromatic rings. The minimum Gasteiger partial charge on any atom is -0.497 e. The summed E-state index contributed by atoms with van der Waals surface area (Å²) in [6, 6.07) is 13.8. The maximum Gasteiger partial charge on any atom is 0.123 e. The smallest absolute Gasteiger partial charge is 0.123 e. The summed E-state index contributed by atoms with van der Waals surface area (Å²) in [5.74, 6) is 1.85. The number of rotatable bonds is 5. The highest BCUT2D eigenvalue weighted by molar-refractivity contribution is 6.30. The average molecular weight is 388 g/mol. The summed E-state index contributed by atoms with van der Waals surface area (Å²) >= 11 is 5.95. The number of hydrogen-bond donors (Lipinski definition) is 1. The third-order valence-electron chi connectivity index (χ3n) is 5.70. The molecule has 0 aromatic heterocycles. The molecule has 0 spiro atoms. The lowest BCUT2D eigenvalue weighted by Gasteiger charge is -2.39. The standard InChI is InChI=1S/C22H26ClNO3/c1-26-19-6-7-21-17(12-19)13-20(27-21)15-24-10-8-22(25,9-11-24)14-16-2-4-18(23)5-3-16/h2-7,12,20,25H,8-11,13-15H2,1H3/t20-/m0/s1. The zero-order valence-corrected chi connectivity index (χ0v) is 16.4. The summed E-state index contributed by atoms with van der Waals surface area (Å²) in [6.07, 6.45) is 3.34. The predicted octanol–water partition coefficient (Wildman–Crippen LogP) is 3.72. The van der Waals surface area contributed by atoms with Crippen molar-refractivity contribution in [1.82, 2.24) is 4.90 Å². The molecule has 2 heterocycles. The van der Waals surface area contributed by atoms with E-state index >= 15 is 0 Å². The maximum absolute atomic E-state index is 11.0. The fraction of sp³-hybridized carbons (Fsp3) is 0.455. The Labute approximate surface area is 165 Å². The van der Waals surface area contributed by atoms with Crippen molar-refractivity contribution in [1.29, 1.82) is 0 Å². The van der Waals surface area contributed by atoms with Crippen LogP contribution in [0.5, 0.6) is 11.5 Å². The minimum atomic E-state index is -0.628. The molecule has 1 fully saturated rings. The lowest BCUT2D eigenvalue weighted by molar-refractivity contribution is -0.0264. The highest BCUT2D eigenvalue weighted by Gasteiger charge is 2.34. The third-order valence-corrected chi connectivity index (χ3v) is 5.96. The van der Waals surface area contributed by atoms with Gasteiger partial charge in [0.15, 0.2) is 0 Å². The van der Waals surface area contributed by atoms with Crippen LogP contribution in [0.15, 0.2) is 42.5 Å². The molecule has 0 saturated carbocycles. The largest absolute Gasteiger partial charge is 0.497 e. The Morgan fingerprint density at radius 1 is 1.19 bits per heavy atom. The zero-order valence-electron chi connectivity index (χ0n) is 15.7. The first-order valence-corrected chi connectivity index (χ1v) is 9.94. The van der Waals surface area contributed by atoms with Crippen molar-refractivity contribution in [3.05, 3.63) is 58.6 Å². The molecule has 4 rings (SSSR count). The molecular formula is C22H26ClNO3. The molecule has 0 radical (unpaired) electrons. The van der Waals surface area contributed by atoms with E-state index in [-0.39, 0.29) is 6.10 Å². The van der Waals surface area contributed by atoms with E-state index in [1.165, 1.54) is 5.56 Å². The summed E-state index contributed by atoms with van der Waals surface area (Å²) in [5.41, 5.74) is 1.73. The molecule has 1 N–H and O–H groups in total. The molecule has 144 valence electrons. The Balaban J connectivity index is 1.29. The van der Waals surface area contributed by atoms with Gasteiger partial charge in [-0.2, -0.15) is 0 Å². The molecule has 2 aromatic carbocycles. The Hall–Kier alpha value is -1.75. The van der Waals surface area contributed by atoms with Crippen molar-refractivity contribution in [2.45, 2.75) is 37.4 Å². The zero-order chi connectivity index (χ0) is 18.9. The van der Waals surface area contributed by atoms with Gasteiger partial charge < -0.3 is 14.6 Å². The van der Waals surface area contributed by atoms with Crippen LogP contribution in [0.2, 0.25) is 5.02 Å². The molecule has 1 atom stereocenters. The molecule has 27 heavy (non-hydrogen) atoms. The van der Waals surface area contributed by atoms with Crippen LogP contribution in [0.25, 0.3) is 0 Å². The van der Waals surface area contributed by atoms with Gasteiger partial charge in [-0.05, 0) is 48.7 Å². The number of likely N-dealkylation sites (tertiary alicyclic amines) is 1. The van der Waals surface area contributed by atoms with E-state index in [2.05, 4.69) is 11.0 Å². The summed E-state index contributed by atoms with van der Waals surface area (Å²) in [5, 5.41) is 11.7. The summed E-state index contributed by atoms with van der Waals surface area (Å²) in [7, 11) is 1.69. The predicted molar refractivity (Wildman–Crippen MR) is 107 cm³/mol. The number of aliphatic hydroxyl groups is 1. The highest BCUT2D eigenvalue weighted by Crippen LogP contribution is 2.33. The number of hydrogen-bond acceptors (Lipinski definition) is 4. The molecule has 0 aliphatic carbocycles. The molecule has 2 aliphatic heterocycles. The molecule has 4 nitrogen and oxygen atoms in total. The van der Waals surface area contributed by atoms with Crippen molar-refractivity contribution >= 4 is 11.6 Å². The van der Waals surface area contributed by atoms with Crippen molar-refractivity contribution in [3.8, 4) is 11.5 Å². The van der Waals surface area contributed by atoms with Gasteiger partial charge in [-0.3, -0.25) is 4.90 Å². The van der Waals surface area contributed by atoms with Crippen LogP contribution in [-0.4, -0.2) is 48.5 Å². The van der Waals surface area contributed by atoms with Gasteiger partial charge in [0.05, 0.1) is 12.7 Å². The van der Waals surface area contributed by atoms with E-state index in [4.69, 9.17) is 21.1 Å². The number of methoxy groups -OCH3 is 1. The van der Waals surface area contributed by atoms with E-state index < -0.39 is 5.60 Å². The Kier molecular flexibility index (Phi) is 5.31. The monoisotopic (exact) mass is 387 g/mol. The number of benzene rings is 2. The van der Waals surface area contributed by atoms with E-state index in [0.29, 0.717) is 6.42 Å². The molecule has 0 bridgehead atoms. The van der Waals surface area contributed by atoms with E-state index in [9.17, 15) is 5.11 Å². The molecular weight excluding hydrogens is 362 g/mol. The summed E-state index contributed by atoms with van der Waals surface area (Å²) < 4.78 is 11.4. The van der Waals surface area contributed by atoms with Crippen LogP contribution in [-0.2, 0) is 12.8 Å². The lowest BCUT2D eigenvalue weighted by Crippen LogP contribution is -2.48. The fourth-order valence-corrected chi connectivity index (χ4v) is 4.25. The van der Waals surface area contributed by atoms with Crippen molar-refractivity contribution in [3.63, 3.8) is 0 Å². The fourth-order valence-electron chi connectivity index (χ4n) is 4.12. The second kappa shape index (κ2) is 7.70. The van der Waals surface area contributed by atoms with Crippen LogP contribution in [0.3, 0.4) is 0 Å². The summed E-state index contributed by atoms with van der Waals surface area (Å²) in [6.45, 7) is 2.68. The van der Waals surface area contributed by atoms with Gasteiger partial charge in [-0.1, -0.05) is 23.7 Å². The topological polar surface area (TPSA) is 41.9 Å². The highest BCUT2D eigenvalue weighted by atomic mass is 35.5. The van der Waals surface area contributed by atoms with Crippen LogP contribution < -0.4 is 9.47 Å². The van der Waals surface area contributed by atoms with Gasteiger partial charge in [0.25, 0.3) is 0 Å². The maximum atomic E-state index is 11.0. The number of halogens is 1. The normalized spacial score (nSPS) is 21.5. The molecule has 1 saturated heterocycles. The van der Waals surface area contributed by atoms with Crippen LogP contribution in [0.4, 0.5) is 0 Å². The summed E-state index contributed by atoms with van der Waals surface area (Å²) in [4.78, 5) is 2.41. The van der Waals surface area contributed by atoms with Crippen LogP contribution in [0, 0.1) is 0 Å². The SMILES string of the molecule is COc1ccc2c(c1)C[C@@H](CN1CCC(O)(Cc3ccc(Cl)cc3)CC1)O2. The van der Waals surface area contributed by atoms with Gasteiger partial charge in [-0.15, -0.1) is 0 Å². The first-order valence-electron chi connectivity index (χ1n) is 9.56. The van der Waals surface area contributed by atoms with Gasteiger partial charge in [-0.25, -0.2) is 0 Å². The van der Waals surface area contributed by atoms with E-state index in [0.717, 1.165) is 61.0 Å². The second-order valence-corrected chi connectivity index (χ2v) is 8.18. The first kappa shape index (κ1) is 18.6. The first-order chi connectivity index (χ1) is 13.0. The number of nitrogens with zero attached hydrogens (tertiary/aromatic N) is 1. The van der Waals surface area contributed by atoms with Crippen molar-refractivity contribution < 1.29 is 14.6 Å². The Morgan fingerprint density at radius 3 is 2.63 bits per heavy atom. The van der Waals surface area contributed by atoms with Crippen molar-refractivity contribution in [2.24, 2.45) is 0 Å². The number of ether oxygens (including phenoxy) is 2. The van der Waals surface area contributed by atoms with Gasteiger partial charge in [0.1, 0.15) is 17.6 Å². The Bertz CT molecular complexity index is 785. The lowest BCUT2D eigenvalue weighted by atomic mass is 9.85. The second-order valence-electron chi connectivity index (χ2n) is 7.75. The molecule has 5 heteroatoms.